The van der Waals surface area contributed by atoms with Crippen molar-refractivity contribution < 1.29 is 19.4 Å². The van der Waals surface area contributed by atoms with Gasteiger partial charge in [0.05, 0.1) is 0 Å². The van der Waals surface area contributed by atoms with Gasteiger partial charge in [0, 0.05) is 0 Å². The molecule has 4 heteroatoms. The van der Waals surface area contributed by atoms with E-state index < -0.39 is 0 Å². The molecule has 0 aromatic heterocycles. The van der Waals surface area contributed by atoms with Crippen molar-refractivity contribution in [2.75, 3.05) is 46.3 Å². The molecule has 0 amide bonds. The van der Waals surface area contributed by atoms with Crippen molar-refractivity contribution in [3.8, 4) is 0 Å². The van der Waals surface area contributed by atoms with Crippen LogP contribution in [-0.2, 0) is 19.4 Å². The second-order valence-electron chi connectivity index (χ2n) is 4.81. The Bertz CT molecular complexity index is 300. The van der Waals surface area contributed by atoms with Crippen LogP contribution in [0.1, 0.15) is 0 Å². The molecule has 0 bridgehead atoms. The summed E-state index contributed by atoms with van der Waals surface area (Å²) < 4.78 is 2.13. The van der Waals surface area contributed by atoms with Crippen LogP contribution in [0.5, 0.6) is 0 Å². The zero-order valence-corrected chi connectivity index (χ0v) is 13.4. The molecule has 2 saturated heterocycles. The van der Waals surface area contributed by atoms with E-state index in [1.807, 2.05) is 0 Å². The van der Waals surface area contributed by atoms with Gasteiger partial charge in [-0.15, -0.1) is 0 Å². The van der Waals surface area contributed by atoms with Crippen LogP contribution < -0.4 is 0 Å². The summed E-state index contributed by atoms with van der Waals surface area (Å²) in [5.41, 5.74) is 0. The number of likely N-dealkylation sites (tertiary alicyclic amines) is 1. The van der Waals surface area contributed by atoms with Gasteiger partial charge in [-0.05, 0) is 7.05 Å². The van der Waals surface area contributed by atoms with Gasteiger partial charge in [0.1, 0.15) is 0 Å². The standard InChI is InChI=1S/C13H21N3.W/c1-3-4-5-6-15-7-9-16(10-8-15)13-11-14(2)12-13;/h1,3-6,13H,7-12H2,2H3;/b4-3-,6-5?;. The summed E-state index contributed by atoms with van der Waals surface area (Å²) >= 11 is 1.50. The van der Waals surface area contributed by atoms with Crippen LogP contribution in [0.3, 0.4) is 0 Å². The Morgan fingerprint density at radius 1 is 1.00 bits per heavy atom. The Balaban J connectivity index is 1.69. The van der Waals surface area contributed by atoms with Gasteiger partial charge in [0.25, 0.3) is 0 Å². The van der Waals surface area contributed by atoms with E-state index in [0.29, 0.717) is 0 Å². The first-order valence-corrected chi connectivity index (χ1v) is 7.94. The SMILES string of the molecule is CN1CC(N2CCN(C=C/C=C\[CH]=[W])CC2)C1. The molecule has 2 rings (SSSR count). The Kier molecular flexibility index (Phi) is 5.14. The van der Waals surface area contributed by atoms with Gasteiger partial charge in [-0.2, -0.15) is 0 Å². The molecule has 17 heavy (non-hydrogen) atoms. The first-order chi connectivity index (χ1) is 8.29. The molecule has 0 aromatic carbocycles. The Morgan fingerprint density at radius 3 is 2.29 bits per heavy atom. The number of allylic oxidation sites excluding steroid dienone is 3. The molecule has 0 atom stereocenters. The number of rotatable bonds is 4. The Hall–Kier alpha value is -0.242. The van der Waals surface area contributed by atoms with Crippen molar-refractivity contribution in [3.05, 3.63) is 24.4 Å². The van der Waals surface area contributed by atoms with Crippen molar-refractivity contribution in [2.45, 2.75) is 6.04 Å². The van der Waals surface area contributed by atoms with Crippen molar-refractivity contribution in [1.82, 2.24) is 14.7 Å². The first-order valence-electron chi connectivity index (χ1n) is 6.25. The number of nitrogens with zero attached hydrogens (tertiary/aromatic N) is 3. The Morgan fingerprint density at radius 2 is 1.71 bits per heavy atom. The van der Waals surface area contributed by atoms with Gasteiger partial charge in [-0.25, -0.2) is 0 Å². The average Bonchev–Trinajstić information content (AvgIpc) is 2.32. The topological polar surface area (TPSA) is 9.72 Å². The van der Waals surface area contributed by atoms with Gasteiger partial charge in [-0.1, -0.05) is 0 Å². The van der Waals surface area contributed by atoms with Gasteiger partial charge in [0.2, 0.25) is 0 Å². The van der Waals surface area contributed by atoms with Crippen LogP contribution in [0.4, 0.5) is 0 Å². The molecular formula is C13H21N3W. The van der Waals surface area contributed by atoms with Gasteiger partial charge in [-0.3, -0.25) is 0 Å². The van der Waals surface area contributed by atoms with Crippen molar-refractivity contribution in [2.24, 2.45) is 0 Å². The molecule has 2 heterocycles. The maximum absolute atomic E-state index is 2.64. The summed E-state index contributed by atoms with van der Waals surface area (Å²) in [5, 5.41) is 0. The van der Waals surface area contributed by atoms with E-state index in [2.05, 4.69) is 50.6 Å². The molecule has 2 aliphatic rings. The fourth-order valence-electron chi connectivity index (χ4n) is 2.43. The van der Waals surface area contributed by atoms with Gasteiger partial charge < -0.3 is 0 Å². The second-order valence-corrected chi connectivity index (χ2v) is 5.79. The Labute approximate surface area is 115 Å². The molecule has 0 aromatic rings. The number of hydrogen-bond acceptors (Lipinski definition) is 3. The summed E-state index contributed by atoms with van der Waals surface area (Å²) in [4.78, 5) is 7.46. The monoisotopic (exact) mass is 403 g/mol. The molecule has 0 spiro atoms. The zero-order valence-electron chi connectivity index (χ0n) is 10.5. The number of piperazine rings is 1. The first kappa shape index (κ1) is 13.2. The third kappa shape index (κ3) is 3.87. The summed E-state index contributed by atoms with van der Waals surface area (Å²) in [5.74, 6) is 0. The third-order valence-corrected chi connectivity index (χ3v) is 4.07. The summed E-state index contributed by atoms with van der Waals surface area (Å²) in [7, 11) is 2.20. The predicted molar refractivity (Wildman–Crippen MR) is 68.8 cm³/mol. The van der Waals surface area contributed by atoms with Gasteiger partial charge >= 0.3 is 108 Å². The molecule has 0 aliphatic carbocycles. The van der Waals surface area contributed by atoms with E-state index in [1.54, 1.807) is 0 Å². The van der Waals surface area contributed by atoms with E-state index in [4.69, 9.17) is 0 Å². The molecule has 0 saturated carbocycles. The van der Waals surface area contributed by atoms with Crippen LogP contribution >= 0.6 is 0 Å². The molecule has 0 N–H and O–H groups in total. The number of hydrogen-bond donors (Lipinski definition) is 0. The van der Waals surface area contributed by atoms with Gasteiger partial charge in [0.15, 0.2) is 0 Å². The van der Waals surface area contributed by atoms with Crippen molar-refractivity contribution in [1.29, 1.82) is 0 Å². The van der Waals surface area contributed by atoms with Crippen molar-refractivity contribution >= 4 is 4.40 Å². The molecule has 3 nitrogen and oxygen atoms in total. The molecule has 0 unspecified atom stereocenters. The average molecular weight is 403 g/mol. The minimum absolute atomic E-state index is 0.823. The zero-order chi connectivity index (χ0) is 12.1. The maximum atomic E-state index is 2.64. The summed E-state index contributed by atoms with van der Waals surface area (Å²) in [6.45, 7) is 7.30. The van der Waals surface area contributed by atoms with E-state index in [9.17, 15) is 0 Å². The number of likely N-dealkylation sites (N-methyl/N-ethyl adjacent to an activating group) is 1. The molecule has 0 radical (unpaired) electrons. The fourth-order valence-corrected chi connectivity index (χ4v) is 2.76. The van der Waals surface area contributed by atoms with Crippen LogP contribution in [0.15, 0.2) is 24.4 Å². The van der Waals surface area contributed by atoms with E-state index in [-0.39, 0.29) is 0 Å². The molecule has 2 aliphatic heterocycles. The second kappa shape index (κ2) is 6.63. The third-order valence-electron chi connectivity index (χ3n) is 3.51. The fraction of sp³-hybridized carbons (Fsp3) is 0.615. The summed E-state index contributed by atoms with van der Waals surface area (Å²) in [6, 6.07) is 0.823. The van der Waals surface area contributed by atoms with E-state index >= 15 is 0 Å². The van der Waals surface area contributed by atoms with E-state index in [1.165, 1.54) is 58.6 Å². The van der Waals surface area contributed by atoms with Crippen molar-refractivity contribution in [3.63, 3.8) is 0 Å². The quantitative estimate of drug-likeness (QED) is 0.627. The molecule has 2 fully saturated rings. The normalized spacial score (nSPS) is 24.6. The molecular weight excluding hydrogens is 382 g/mol. The molecule has 94 valence electrons. The van der Waals surface area contributed by atoms with Crippen LogP contribution in [0, 0.1) is 0 Å². The van der Waals surface area contributed by atoms with E-state index in [0.717, 1.165) is 6.04 Å². The summed E-state index contributed by atoms with van der Waals surface area (Å²) in [6.07, 6.45) is 8.58. The minimum atomic E-state index is 0.823. The van der Waals surface area contributed by atoms with Crippen LogP contribution in [0.2, 0.25) is 0 Å². The van der Waals surface area contributed by atoms with Crippen LogP contribution in [-0.4, -0.2) is 71.5 Å². The predicted octanol–water partition coefficient (Wildman–Crippen LogP) is 0.337. The van der Waals surface area contributed by atoms with Crippen LogP contribution in [0.25, 0.3) is 0 Å².